The first kappa shape index (κ1) is 64.3. The van der Waals surface area contributed by atoms with Crippen LogP contribution < -0.4 is 0 Å². The SMILES string of the molecule is CCCCCCCCCCCCCCCCCCCCCCCCCCCCCCCCCCCCC(=O)OC(COC(=O)CCCCCCCCC)COC(OCC[N+](C)(C)C)C(=O)O. The average molecular weight is 940 g/mol. The van der Waals surface area contributed by atoms with E-state index in [1.807, 2.05) is 21.1 Å². The molecule has 0 aromatic carbocycles. The van der Waals surface area contributed by atoms with Gasteiger partial charge < -0.3 is 28.5 Å². The number of unbranched alkanes of at least 4 members (excludes halogenated alkanes) is 39. The minimum Gasteiger partial charge on any atom is -0.477 e. The minimum atomic E-state index is -1.50. The van der Waals surface area contributed by atoms with Crippen LogP contribution in [0, 0.1) is 0 Å². The summed E-state index contributed by atoms with van der Waals surface area (Å²) in [6, 6.07) is 0. The van der Waals surface area contributed by atoms with E-state index in [1.165, 1.54) is 225 Å². The monoisotopic (exact) mass is 939 g/mol. The Morgan fingerprint density at radius 2 is 0.682 bits per heavy atom. The second kappa shape index (κ2) is 49.7. The Balaban J connectivity index is 3.86. The Bertz CT molecular complexity index is 1050. The van der Waals surface area contributed by atoms with Gasteiger partial charge in [-0.05, 0) is 12.8 Å². The Morgan fingerprint density at radius 1 is 0.394 bits per heavy atom. The van der Waals surface area contributed by atoms with Gasteiger partial charge >= 0.3 is 17.9 Å². The van der Waals surface area contributed by atoms with E-state index in [0.717, 1.165) is 38.5 Å². The summed E-state index contributed by atoms with van der Waals surface area (Å²) in [5.41, 5.74) is 0. The first-order chi connectivity index (χ1) is 32.1. The van der Waals surface area contributed by atoms with Crippen LogP contribution in [0.2, 0.25) is 0 Å². The highest BCUT2D eigenvalue weighted by Gasteiger charge is 2.25. The van der Waals surface area contributed by atoms with E-state index in [1.54, 1.807) is 0 Å². The van der Waals surface area contributed by atoms with Gasteiger partial charge in [-0.2, -0.15) is 0 Å². The van der Waals surface area contributed by atoms with Crippen molar-refractivity contribution in [2.24, 2.45) is 0 Å². The lowest BCUT2D eigenvalue weighted by Gasteiger charge is -2.25. The molecule has 66 heavy (non-hydrogen) atoms. The fraction of sp³-hybridized carbons (Fsp3) is 0.947. The predicted molar refractivity (Wildman–Crippen MR) is 277 cm³/mol. The fourth-order valence-corrected chi connectivity index (χ4v) is 8.66. The summed E-state index contributed by atoms with van der Waals surface area (Å²) in [6.07, 6.45) is 52.4. The quantitative estimate of drug-likeness (QED) is 0.0278. The van der Waals surface area contributed by atoms with E-state index < -0.39 is 18.4 Å². The minimum absolute atomic E-state index is 0.175. The third-order valence-electron chi connectivity index (χ3n) is 13.1. The summed E-state index contributed by atoms with van der Waals surface area (Å²) in [4.78, 5) is 37.0. The molecule has 0 aliphatic heterocycles. The summed E-state index contributed by atoms with van der Waals surface area (Å²) in [7, 11) is 5.97. The number of hydrogen-bond acceptors (Lipinski definition) is 7. The van der Waals surface area contributed by atoms with E-state index in [0.29, 0.717) is 17.4 Å². The average Bonchev–Trinajstić information content (AvgIpc) is 3.28. The van der Waals surface area contributed by atoms with Crippen molar-refractivity contribution in [1.82, 2.24) is 0 Å². The Labute approximate surface area is 409 Å². The smallest absolute Gasteiger partial charge is 0.361 e. The van der Waals surface area contributed by atoms with Gasteiger partial charge in [0.15, 0.2) is 6.10 Å². The topological polar surface area (TPSA) is 108 Å². The number of aliphatic carboxylic acids is 1. The number of carboxylic acids is 1. The van der Waals surface area contributed by atoms with Gasteiger partial charge in [-0.25, -0.2) is 4.79 Å². The van der Waals surface area contributed by atoms with Crippen LogP contribution in [0.15, 0.2) is 0 Å². The molecule has 0 fully saturated rings. The Kier molecular flexibility index (Phi) is 48.4. The number of rotatable bonds is 54. The summed E-state index contributed by atoms with van der Waals surface area (Å²) in [5, 5.41) is 9.63. The molecule has 0 rings (SSSR count). The predicted octanol–water partition coefficient (Wildman–Crippen LogP) is 16.4. The first-order valence-corrected chi connectivity index (χ1v) is 28.7. The number of carbonyl (C=O) groups excluding carboxylic acids is 2. The maximum atomic E-state index is 12.8. The van der Waals surface area contributed by atoms with Crippen molar-refractivity contribution in [2.45, 2.75) is 302 Å². The molecule has 0 aliphatic rings. The van der Waals surface area contributed by atoms with Crippen molar-refractivity contribution in [3.05, 3.63) is 0 Å². The normalized spacial score (nSPS) is 12.7. The first-order valence-electron chi connectivity index (χ1n) is 28.7. The van der Waals surface area contributed by atoms with Crippen LogP contribution in [0.1, 0.15) is 290 Å². The number of esters is 2. The number of ether oxygens (including phenoxy) is 4. The zero-order valence-corrected chi connectivity index (χ0v) is 44.6. The standard InChI is InChI=1S/C57H111NO8/c1-6-8-10-12-14-15-16-17-18-19-20-21-22-23-24-25-26-27-28-29-30-31-32-33-34-35-36-37-38-39-40-42-44-46-48-55(60)66-53(51-64-54(59)47-45-43-41-13-11-9-7-2)52-65-57(56(61)62)63-50-49-58(3,4)5/h53,57H,6-52H2,1-5H3/p+1. The molecular weight excluding hydrogens is 827 g/mol. The van der Waals surface area contributed by atoms with Gasteiger partial charge in [-0.15, -0.1) is 0 Å². The van der Waals surface area contributed by atoms with Crippen molar-refractivity contribution in [2.75, 3.05) is 47.5 Å². The van der Waals surface area contributed by atoms with Crippen molar-refractivity contribution in [3.8, 4) is 0 Å². The highest BCUT2D eigenvalue weighted by atomic mass is 16.7. The van der Waals surface area contributed by atoms with Crippen LogP contribution in [0.5, 0.6) is 0 Å². The second-order valence-electron chi connectivity index (χ2n) is 21.0. The molecule has 1 N–H and O–H groups in total. The van der Waals surface area contributed by atoms with Gasteiger partial charge in [-0.1, -0.05) is 264 Å². The van der Waals surface area contributed by atoms with Crippen LogP contribution in [0.25, 0.3) is 0 Å². The van der Waals surface area contributed by atoms with Crippen LogP contribution in [-0.2, 0) is 33.3 Å². The van der Waals surface area contributed by atoms with Crippen LogP contribution >= 0.6 is 0 Å². The lowest BCUT2D eigenvalue weighted by molar-refractivity contribution is -0.870. The third kappa shape index (κ3) is 50.2. The fourth-order valence-electron chi connectivity index (χ4n) is 8.66. The Morgan fingerprint density at radius 3 is 0.970 bits per heavy atom. The summed E-state index contributed by atoms with van der Waals surface area (Å²) >= 11 is 0. The molecule has 0 radical (unpaired) electrons. The highest BCUT2D eigenvalue weighted by Crippen LogP contribution is 2.18. The zero-order chi connectivity index (χ0) is 48.4. The molecule has 392 valence electrons. The maximum Gasteiger partial charge on any atom is 0.361 e. The van der Waals surface area contributed by atoms with Crippen molar-refractivity contribution in [3.63, 3.8) is 0 Å². The van der Waals surface area contributed by atoms with Gasteiger partial charge in [0, 0.05) is 12.8 Å². The van der Waals surface area contributed by atoms with E-state index >= 15 is 0 Å². The molecule has 0 amide bonds. The van der Waals surface area contributed by atoms with Gasteiger partial charge in [0.25, 0.3) is 6.29 Å². The molecule has 0 saturated carbocycles. The number of carboxylic acid groups (broad SMARTS) is 1. The largest absolute Gasteiger partial charge is 0.477 e. The second-order valence-corrected chi connectivity index (χ2v) is 21.0. The van der Waals surface area contributed by atoms with Crippen LogP contribution in [0.4, 0.5) is 0 Å². The van der Waals surface area contributed by atoms with Crippen LogP contribution in [0.3, 0.4) is 0 Å². The van der Waals surface area contributed by atoms with Crippen molar-refractivity contribution < 1.29 is 42.9 Å². The van der Waals surface area contributed by atoms with E-state index in [2.05, 4.69) is 13.8 Å². The van der Waals surface area contributed by atoms with Gasteiger partial charge in [-0.3, -0.25) is 9.59 Å². The highest BCUT2D eigenvalue weighted by molar-refractivity contribution is 5.71. The lowest BCUT2D eigenvalue weighted by atomic mass is 10.0. The van der Waals surface area contributed by atoms with E-state index in [4.69, 9.17) is 18.9 Å². The number of nitrogens with zero attached hydrogens (tertiary/aromatic N) is 1. The lowest BCUT2D eigenvalue weighted by Crippen LogP contribution is -2.40. The molecule has 0 bridgehead atoms. The van der Waals surface area contributed by atoms with Crippen molar-refractivity contribution >= 4 is 17.9 Å². The summed E-state index contributed by atoms with van der Waals surface area (Å²) in [5.74, 6) is -1.99. The molecular formula is C57H112NO8+. The summed E-state index contributed by atoms with van der Waals surface area (Å²) in [6.45, 7) is 4.87. The molecule has 0 aromatic heterocycles. The number of likely N-dealkylation sites (N-methyl/N-ethyl adjacent to an activating group) is 1. The molecule has 2 atom stereocenters. The van der Waals surface area contributed by atoms with Gasteiger partial charge in [0.05, 0.1) is 34.4 Å². The molecule has 0 heterocycles. The number of quaternary nitrogens is 1. The molecule has 0 spiro atoms. The van der Waals surface area contributed by atoms with E-state index in [-0.39, 0.29) is 38.2 Å². The zero-order valence-electron chi connectivity index (χ0n) is 44.6. The molecule has 9 heteroatoms. The molecule has 2 unspecified atom stereocenters. The van der Waals surface area contributed by atoms with E-state index in [9.17, 15) is 19.5 Å². The number of carbonyl (C=O) groups is 3. The summed E-state index contributed by atoms with van der Waals surface area (Å²) < 4.78 is 22.7. The molecule has 0 aliphatic carbocycles. The Hall–Kier alpha value is -1.71. The third-order valence-corrected chi connectivity index (χ3v) is 13.1. The number of hydrogen-bond donors (Lipinski definition) is 1. The van der Waals surface area contributed by atoms with Crippen molar-refractivity contribution in [1.29, 1.82) is 0 Å². The van der Waals surface area contributed by atoms with Gasteiger partial charge in [0.2, 0.25) is 0 Å². The van der Waals surface area contributed by atoms with Crippen LogP contribution in [-0.4, -0.2) is 87.4 Å². The van der Waals surface area contributed by atoms with Gasteiger partial charge in [0.1, 0.15) is 13.2 Å². The maximum absolute atomic E-state index is 12.8. The molecule has 9 nitrogen and oxygen atoms in total. The molecule has 0 aromatic rings. The molecule has 0 saturated heterocycles.